The van der Waals surface area contributed by atoms with Crippen molar-refractivity contribution in [3.05, 3.63) is 42.1 Å². The van der Waals surface area contributed by atoms with E-state index in [0.717, 1.165) is 18.5 Å². The van der Waals surface area contributed by atoms with Crippen LogP contribution < -0.4 is 14.4 Å². The molecule has 0 radical (unpaired) electrons. The molecule has 1 aromatic heterocycles. The lowest BCUT2D eigenvalue weighted by atomic mass is 10.2. The Labute approximate surface area is 165 Å². The average Bonchev–Trinajstić information content (AvgIpc) is 3.16. The summed E-state index contributed by atoms with van der Waals surface area (Å²) in [6.07, 6.45) is 3.85. The molecule has 1 aliphatic rings. The predicted molar refractivity (Wildman–Crippen MR) is 107 cm³/mol. The van der Waals surface area contributed by atoms with Crippen molar-refractivity contribution < 1.29 is 24.1 Å². The predicted octanol–water partition coefficient (Wildman–Crippen LogP) is 3.65. The number of nitrogens with zero attached hydrogens (tertiary/aromatic N) is 2. The molecule has 2 unspecified atom stereocenters. The van der Waals surface area contributed by atoms with Crippen LogP contribution in [0.4, 0.5) is 5.69 Å². The van der Waals surface area contributed by atoms with Crippen LogP contribution in [-0.4, -0.2) is 49.5 Å². The number of pyridine rings is 1. The number of aldehydes is 1. The summed E-state index contributed by atoms with van der Waals surface area (Å²) >= 11 is 0. The zero-order chi connectivity index (χ0) is 20.5. The number of ether oxygens (including phenoxy) is 3. The van der Waals surface area contributed by atoms with E-state index in [0.29, 0.717) is 24.5 Å². The molecule has 1 saturated heterocycles. The smallest absolute Gasteiger partial charge is 0.237 e. The molecule has 1 aliphatic heterocycles. The first kappa shape index (κ1) is 21.5. The van der Waals surface area contributed by atoms with Gasteiger partial charge < -0.3 is 24.2 Å². The molecule has 3 rings (SSSR count). The van der Waals surface area contributed by atoms with Crippen molar-refractivity contribution in [2.75, 3.05) is 25.7 Å². The lowest BCUT2D eigenvalue weighted by Crippen LogP contribution is -2.40. The Hall–Kier alpha value is -2.80. The minimum absolute atomic E-state index is 0.0138. The maximum atomic E-state index is 11.2. The Morgan fingerprint density at radius 1 is 1.21 bits per heavy atom. The van der Waals surface area contributed by atoms with Gasteiger partial charge in [-0.25, -0.2) is 4.98 Å². The fourth-order valence-corrected chi connectivity index (χ4v) is 3.29. The highest BCUT2D eigenvalue weighted by molar-refractivity contribution is 5.83. The van der Waals surface area contributed by atoms with Crippen LogP contribution in [-0.2, 0) is 4.74 Å². The summed E-state index contributed by atoms with van der Waals surface area (Å²) in [5, 5.41) is 9.80. The molecule has 2 aromatic rings. The Morgan fingerprint density at radius 2 is 2.00 bits per heavy atom. The van der Waals surface area contributed by atoms with E-state index < -0.39 is 0 Å². The van der Waals surface area contributed by atoms with Gasteiger partial charge in [0.15, 0.2) is 6.29 Å². The van der Waals surface area contributed by atoms with E-state index >= 15 is 0 Å². The first-order valence-electron chi connectivity index (χ1n) is 9.39. The number of rotatable bonds is 7. The molecule has 0 amide bonds. The normalized spacial score (nSPS) is 18.2. The summed E-state index contributed by atoms with van der Waals surface area (Å²) in [5.41, 5.74) is 0.985. The number of phenols is 1. The zero-order valence-electron chi connectivity index (χ0n) is 16.8. The molecule has 0 spiro atoms. The number of carbonyl (C=O) groups excluding carboxylic acids is 1. The van der Waals surface area contributed by atoms with E-state index in [1.54, 1.807) is 32.5 Å². The fourth-order valence-electron chi connectivity index (χ4n) is 3.29. The highest BCUT2D eigenvalue weighted by Gasteiger charge is 2.36. The largest absolute Gasteiger partial charge is 0.507 e. The number of carbonyl (C=O) groups is 1. The van der Waals surface area contributed by atoms with Crippen LogP contribution in [0.25, 0.3) is 0 Å². The van der Waals surface area contributed by atoms with Crippen molar-refractivity contribution >= 4 is 12.0 Å². The van der Waals surface area contributed by atoms with Gasteiger partial charge >= 0.3 is 0 Å². The molecular formula is C21H28N2O5. The molecule has 0 aliphatic carbocycles. The van der Waals surface area contributed by atoms with Gasteiger partial charge in [0.05, 0.1) is 18.7 Å². The van der Waals surface area contributed by atoms with Crippen molar-refractivity contribution in [2.24, 2.45) is 0 Å². The highest BCUT2D eigenvalue weighted by atomic mass is 16.5. The first-order valence-corrected chi connectivity index (χ1v) is 9.39. The van der Waals surface area contributed by atoms with Crippen molar-refractivity contribution in [3.8, 4) is 17.4 Å². The number of aromatic hydroxyl groups is 1. The lowest BCUT2D eigenvalue weighted by Gasteiger charge is -2.32. The van der Waals surface area contributed by atoms with Crippen molar-refractivity contribution in [2.45, 2.75) is 39.0 Å². The summed E-state index contributed by atoms with van der Waals surface area (Å²) in [7, 11) is 3.25. The summed E-state index contributed by atoms with van der Waals surface area (Å²) < 4.78 is 16.9. The molecule has 1 N–H and O–H groups in total. The Kier molecular flexibility index (Phi) is 8.07. The summed E-state index contributed by atoms with van der Waals surface area (Å²) in [4.78, 5) is 17.6. The van der Waals surface area contributed by atoms with Gasteiger partial charge in [-0.05, 0) is 37.1 Å². The van der Waals surface area contributed by atoms with Gasteiger partial charge in [0.25, 0.3) is 0 Å². The number of methoxy groups -OCH3 is 2. The third-order valence-electron chi connectivity index (χ3n) is 4.54. The third kappa shape index (κ3) is 4.54. The maximum absolute atomic E-state index is 11.2. The molecule has 2 atom stereocenters. The third-order valence-corrected chi connectivity index (χ3v) is 4.54. The van der Waals surface area contributed by atoms with Crippen molar-refractivity contribution in [3.63, 3.8) is 0 Å². The SMILES string of the molecule is CC.COc1ncccc1N1C(COc2cccc(O)c2C=O)CCC1OC. The molecule has 0 saturated carbocycles. The summed E-state index contributed by atoms with van der Waals surface area (Å²) in [6, 6.07) is 8.56. The van der Waals surface area contributed by atoms with E-state index in [9.17, 15) is 9.90 Å². The van der Waals surface area contributed by atoms with E-state index in [1.165, 1.54) is 6.07 Å². The number of anilines is 1. The molecule has 0 bridgehead atoms. The van der Waals surface area contributed by atoms with Crippen molar-refractivity contribution in [1.29, 1.82) is 0 Å². The minimum Gasteiger partial charge on any atom is -0.507 e. The molecule has 152 valence electrons. The Balaban J connectivity index is 0.00000136. The molecule has 2 heterocycles. The van der Waals surface area contributed by atoms with Gasteiger partial charge in [-0.3, -0.25) is 4.79 Å². The van der Waals surface area contributed by atoms with Crippen LogP contribution in [0.3, 0.4) is 0 Å². The number of hydrogen-bond acceptors (Lipinski definition) is 7. The standard InChI is InChI=1S/C19H22N2O5.C2H6/c1-24-18-9-8-13(21(18)15-5-4-10-20-19(15)25-2)12-26-17-7-3-6-16(23)14(17)11-22;1-2/h3-7,10-11,13,18,23H,8-9,12H2,1-2H3;1-2H3. The minimum atomic E-state index is -0.114. The quantitative estimate of drug-likeness (QED) is 0.725. The molecular weight excluding hydrogens is 360 g/mol. The second-order valence-corrected chi connectivity index (χ2v) is 5.98. The van der Waals surface area contributed by atoms with E-state index in [1.807, 2.05) is 26.0 Å². The van der Waals surface area contributed by atoms with Crippen LogP contribution in [0.15, 0.2) is 36.5 Å². The van der Waals surface area contributed by atoms with E-state index in [-0.39, 0.29) is 23.6 Å². The lowest BCUT2D eigenvalue weighted by molar-refractivity contribution is 0.106. The number of aromatic nitrogens is 1. The van der Waals surface area contributed by atoms with Crippen molar-refractivity contribution in [1.82, 2.24) is 4.98 Å². The van der Waals surface area contributed by atoms with Gasteiger partial charge in [-0.15, -0.1) is 0 Å². The van der Waals surface area contributed by atoms with Crippen LogP contribution >= 0.6 is 0 Å². The molecule has 7 heteroatoms. The first-order chi connectivity index (χ1) is 13.7. The number of benzene rings is 1. The van der Waals surface area contributed by atoms with Crippen LogP contribution in [0, 0.1) is 0 Å². The highest BCUT2D eigenvalue weighted by Crippen LogP contribution is 2.36. The van der Waals surface area contributed by atoms with E-state index in [2.05, 4.69) is 9.88 Å². The van der Waals surface area contributed by atoms with Crippen LogP contribution in [0.5, 0.6) is 17.4 Å². The summed E-state index contributed by atoms with van der Waals surface area (Å²) in [5.74, 6) is 0.788. The fraction of sp³-hybridized carbons (Fsp3) is 0.429. The monoisotopic (exact) mass is 388 g/mol. The van der Waals surface area contributed by atoms with Gasteiger partial charge in [-0.2, -0.15) is 0 Å². The molecule has 1 fully saturated rings. The van der Waals surface area contributed by atoms with Gasteiger partial charge in [0, 0.05) is 13.3 Å². The van der Waals surface area contributed by atoms with Gasteiger partial charge in [-0.1, -0.05) is 19.9 Å². The zero-order valence-corrected chi connectivity index (χ0v) is 16.8. The topological polar surface area (TPSA) is 81.1 Å². The maximum Gasteiger partial charge on any atom is 0.237 e. The van der Waals surface area contributed by atoms with Crippen LogP contribution in [0.1, 0.15) is 37.0 Å². The molecule has 7 nitrogen and oxygen atoms in total. The summed E-state index contributed by atoms with van der Waals surface area (Å²) in [6.45, 7) is 4.34. The molecule has 1 aromatic carbocycles. The van der Waals surface area contributed by atoms with Gasteiger partial charge in [0.2, 0.25) is 5.88 Å². The molecule has 28 heavy (non-hydrogen) atoms. The average molecular weight is 388 g/mol. The Morgan fingerprint density at radius 3 is 2.68 bits per heavy atom. The number of hydrogen-bond donors (Lipinski definition) is 1. The second kappa shape index (κ2) is 10.5. The van der Waals surface area contributed by atoms with Crippen LogP contribution in [0.2, 0.25) is 0 Å². The second-order valence-electron chi connectivity index (χ2n) is 5.98. The van der Waals surface area contributed by atoms with Gasteiger partial charge in [0.1, 0.15) is 30.0 Å². The number of phenolic OH excluding ortho intramolecular Hbond substituents is 1. The Bertz CT molecular complexity index is 768. The van der Waals surface area contributed by atoms with E-state index in [4.69, 9.17) is 14.2 Å².